The van der Waals surface area contributed by atoms with Crippen molar-refractivity contribution in [1.29, 1.82) is 0 Å². The topological polar surface area (TPSA) is 88.4 Å². The second-order valence-corrected chi connectivity index (χ2v) is 6.45. The van der Waals surface area contributed by atoms with E-state index in [0.29, 0.717) is 12.8 Å². The third-order valence-electron chi connectivity index (χ3n) is 4.40. The molecule has 0 unspecified atom stereocenters. The lowest BCUT2D eigenvalue weighted by molar-refractivity contribution is -0.131. The molecule has 1 fully saturated rings. The van der Waals surface area contributed by atoms with Crippen LogP contribution in [-0.2, 0) is 9.59 Å². The Balaban J connectivity index is 2.16. The molecular weight excluding hydrogens is 296 g/mol. The summed E-state index contributed by atoms with van der Waals surface area (Å²) in [6.07, 6.45) is 6.05. The standard InChI is InChI=1S/C17H24N2O4/c1-12(2)13(11-20)18-16(22)17(8-4-3-5-9-17)19-15(21)14-7-6-10-23-14/h6-7,10-13H,3-5,8-9H2,1-2H3,(H,18,22)(H,19,21)/t13-/m1/s1. The van der Waals surface area contributed by atoms with Crippen molar-refractivity contribution in [2.75, 3.05) is 0 Å². The maximum absolute atomic E-state index is 12.8. The van der Waals surface area contributed by atoms with E-state index in [-0.39, 0.29) is 17.6 Å². The first kappa shape index (κ1) is 17.2. The van der Waals surface area contributed by atoms with Crippen molar-refractivity contribution in [3.05, 3.63) is 24.2 Å². The van der Waals surface area contributed by atoms with Gasteiger partial charge in [0, 0.05) is 0 Å². The Kier molecular flexibility index (Phi) is 5.58. The molecule has 23 heavy (non-hydrogen) atoms. The van der Waals surface area contributed by atoms with Gasteiger partial charge in [0.05, 0.1) is 12.3 Å². The zero-order valence-electron chi connectivity index (χ0n) is 13.6. The fourth-order valence-electron chi connectivity index (χ4n) is 2.90. The van der Waals surface area contributed by atoms with E-state index in [4.69, 9.17) is 4.42 Å². The van der Waals surface area contributed by atoms with E-state index >= 15 is 0 Å². The van der Waals surface area contributed by atoms with Crippen LogP contribution >= 0.6 is 0 Å². The molecule has 6 nitrogen and oxygen atoms in total. The van der Waals surface area contributed by atoms with Crippen LogP contribution in [0.1, 0.15) is 56.5 Å². The van der Waals surface area contributed by atoms with Crippen LogP contribution in [0, 0.1) is 5.92 Å². The minimum absolute atomic E-state index is 0.00198. The van der Waals surface area contributed by atoms with E-state index in [1.165, 1.54) is 6.26 Å². The van der Waals surface area contributed by atoms with Gasteiger partial charge < -0.3 is 19.8 Å². The molecule has 1 heterocycles. The summed E-state index contributed by atoms with van der Waals surface area (Å²) in [6.45, 7) is 3.74. The Hall–Kier alpha value is -2.11. The van der Waals surface area contributed by atoms with Crippen LogP contribution in [0.5, 0.6) is 0 Å². The summed E-state index contributed by atoms with van der Waals surface area (Å²) < 4.78 is 5.10. The molecule has 0 spiro atoms. The number of hydrogen-bond donors (Lipinski definition) is 2. The smallest absolute Gasteiger partial charge is 0.287 e. The second kappa shape index (κ2) is 7.44. The quantitative estimate of drug-likeness (QED) is 0.785. The van der Waals surface area contributed by atoms with E-state index in [1.807, 2.05) is 13.8 Å². The van der Waals surface area contributed by atoms with Crippen LogP contribution in [0.2, 0.25) is 0 Å². The fraction of sp³-hybridized carbons (Fsp3) is 0.588. The maximum Gasteiger partial charge on any atom is 0.287 e. The molecule has 0 radical (unpaired) electrons. The van der Waals surface area contributed by atoms with Crippen molar-refractivity contribution >= 4 is 18.1 Å². The maximum atomic E-state index is 12.8. The SMILES string of the molecule is CC(C)[C@@H](C=O)NC(=O)C1(NC(=O)c2ccco2)CCCCC1. The number of hydrogen-bond acceptors (Lipinski definition) is 4. The average Bonchev–Trinajstić information content (AvgIpc) is 3.07. The summed E-state index contributed by atoms with van der Waals surface area (Å²) in [5.74, 6) is -0.515. The number of aldehydes is 1. The number of carbonyl (C=O) groups excluding carboxylic acids is 3. The molecule has 1 aliphatic rings. The third-order valence-corrected chi connectivity index (χ3v) is 4.40. The van der Waals surface area contributed by atoms with Crippen molar-refractivity contribution in [1.82, 2.24) is 10.6 Å². The van der Waals surface area contributed by atoms with Crippen molar-refractivity contribution in [2.24, 2.45) is 5.92 Å². The van der Waals surface area contributed by atoms with Gasteiger partial charge in [-0.2, -0.15) is 0 Å². The Morgan fingerprint density at radius 3 is 2.48 bits per heavy atom. The van der Waals surface area contributed by atoms with Gasteiger partial charge in [0.25, 0.3) is 5.91 Å². The zero-order valence-corrected chi connectivity index (χ0v) is 13.6. The lowest BCUT2D eigenvalue weighted by atomic mass is 9.80. The highest BCUT2D eigenvalue weighted by molar-refractivity contribution is 5.98. The van der Waals surface area contributed by atoms with Crippen LogP contribution < -0.4 is 10.6 Å². The summed E-state index contributed by atoms with van der Waals surface area (Å²) in [5.41, 5.74) is -0.974. The number of nitrogens with one attached hydrogen (secondary N) is 2. The predicted octanol–water partition coefficient (Wildman–Crippen LogP) is 2.05. The minimum atomic E-state index is -0.974. The molecule has 1 atom stereocenters. The number of amides is 2. The molecule has 1 aromatic heterocycles. The Bertz CT molecular complexity index is 545. The van der Waals surface area contributed by atoms with Gasteiger partial charge in [-0.15, -0.1) is 0 Å². The van der Waals surface area contributed by atoms with Gasteiger partial charge >= 0.3 is 0 Å². The predicted molar refractivity (Wildman–Crippen MR) is 84.8 cm³/mol. The Morgan fingerprint density at radius 2 is 1.96 bits per heavy atom. The summed E-state index contributed by atoms with van der Waals surface area (Å²) in [5, 5.41) is 5.62. The molecule has 6 heteroatoms. The number of carbonyl (C=O) groups is 3. The van der Waals surface area contributed by atoms with Crippen LogP contribution in [0.3, 0.4) is 0 Å². The van der Waals surface area contributed by atoms with E-state index in [2.05, 4.69) is 10.6 Å². The first-order valence-electron chi connectivity index (χ1n) is 8.11. The summed E-state index contributed by atoms with van der Waals surface area (Å²) >= 11 is 0. The molecule has 0 aromatic carbocycles. The first-order valence-corrected chi connectivity index (χ1v) is 8.11. The number of furan rings is 1. The van der Waals surface area contributed by atoms with E-state index in [0.717, 1.165) is 25.5 Å². The molecule has 2 rings (SSSR count). The van der Waals surface area contributed by atoms with E-state index in [1.54, 1.807) is 12.1 Å². The van der Waals surface area contributed by atoms with Crippen molar-refractivity contribution < 1.29 is 18.8 Å². The molecule has 1 aromatic rings. The summed E-state index contributed by atoms with van der Waals surface area (Å²) in [4.78, 5) is 36.3. The molecule has 2 amide bonds. The first-order chi connectivity index (χ1) is 11.0. The van der Waals surface area contributed by atoms with Crippen LogP contribution in [0.15, 0.2) is 22.8 Å². The summed E-state index contributed by atoms with van der Waals surface area (Å²) in [7, 11) is 0. The van der Waals surface area contributed by atoms with Gasteiger partial charge in [-0.1, -0.05) is 33.1 Å². The average molecular weight is 320 g/mol. The monoisotopic (exact) mass is 320 g/mol. The molecule has 0 bridgehead atoms. The van der Waals surface area contributed by atoms with Crippen LogP contribution in [0.25, 0.3) is 0 Å². The fourth-order valence-corrected chi connectivity index (χ4v) is 2.90. The molecule has 1 aliphatic carbocycles. The second-order valence-electron chi connectivity index (χ2n) is 6.45. The van der Waals surface area contributed by atoms with Crippen molar-refractivity contribution in [3.63, 3.8) is 0 Å². The van der Waals surface area contributed by atoms with E-state index in [9.17, 15) is 14.4 Å². The summed E-state index contributed by atoms with van der Waals surface area (Å²) in [6, 6.07) is 2.64. The minimum Gasteiger partial charge on any atom is -0.459 e. The molecule has 2 N–H and O–H groups in total. The highest BCUT2D eigenvalue weighted by Crippen LogP contribution is 2.29. The van der Waals surface area contributed by atoms with Gasteiger partial charge in [-0.25, -0.2) is 0 Å². The number of rotatable bonds is 6. The van der Waals surface area contributed by atoms with Crippen molar-refractivity contribution in [3.8, 4) is 0 Å². The molecule has 0 saturated heterocycles. The highest BCUT2D eigenvalue weighted by atomic mass is 16.3. The van der Waals surface area contributed by atoms with Gasteiger partial charge in [0.1, 0.15) is 11.8 Å². The normalized spacial score (nSPS) is 18.2. The van der Waals surface area contributed by atoms with Crippen molar-refractivity contribution in [2.45, 2.75) is 57.5 Å². The largest absolute Gasteiger partial charge is 0.459 e. The molecule has 0 aliphatic heterocycles. The molecular formula is C17H24N2O4. The molecule has 126 valence electrons. The highest BCUT2D eigenvalue weighted by Gasteiger charge is 2.42. The third kappa shape index (κ3) is 4.00. The van der Waals surface area contributed by atoms with Gasteiger partial charge in [0.15, 0.2) is 5.76 Å². The zero-order chi connectivity index (χ0) is 16.9. The lowest BCUT2D eigenvalue weighted by Crippen LogP contribution is -2.61. The van der Waals surface area contributed by atoms with E-state index < -0.39 is 17.5 Å². The van der Waals surface area contributed by atoms with Gasteiger partial charge in [-0.3, -0.25) is 9.59 Å². The molecule has 1 saturated carbocycles. The van der Waals surface area contributed by atoms with Crippen LogP contribution in [-0.4, -0.2) is 29.7 Å². The Labute approximate surface area is 136 Å². The Morgan fingerprint density at radius 1 is 1.26 bits per heavy atom. The van der Waals surface area contributed by atoms with Gasteiger partial charge in [-0.05, 0) is 30.9 Å². The lowest BCUT2D eigenvalue weighted by Gasteiger charge is -2.37. The van der Waals surface area contributed by atoms with Crippen LogP contribution in [0.4, 0.5) is 0 Å². The van der Waals surface area contributed by atoms with Gasteiger partial charge in [0.2, 0.25) is 5.91 Å².